The van der Waals surface area contributed by atoms with Crippen LogP contribution >= 0.6 is 11.3 Å². The van der Waals surface area contributed by atoms with Gasteiger partial charge in [-0.25, -0.2) is 4.98 Å². The highest BCUT2D eigenvalue weighted by Crippen LogP contribution is 2.49. The van der Waals surface area contributed by atoms with E-state index >= 15 is 0 Å². The Morgan fingerprint density at radius 2 is 2.17 bits per heavy atom. The minimum atomic E-state index is 0.142. The fourth-order valence-corrected chi connectivity index (χ4v) is 4.31. The van der Waals surface area contributed by atoms with Crippen molar-refractivity contribution in [3.63, 3.8) is 0 Å². The maximum atomic E-state index is 6.16. The van der Waals surface area contributed by atoms with E-state index in [4.69, 9.17) is 5.73 Å². The van der Waals surface area contributed by atoms with Gasteiger partial charge < -0.3 is 5.73 Å². The van der Waals surface area contributed by atoms with E-state index in [9.17, 15) is 0 Å². The Morgan fingerprint density at radius 1 is 1.44 bits per heavy atom. The number of aromatic nitrogens is 1. The van der Waals surface area contributed by atoms with Crippen molar-refractivity contribution in [1.29, 1.82) is 0 Å². The van der Waals surface area contributed by atoms with E-state index in [-0.39, 0.29) is 5.54 Å². The predicted octanol–water partition coefficient (Wildman–Crippen LogP) is 2.79. The normalized spacial score (nSPS) is 27.0. The Bertz CT molecular complexity index is 413. The highest BCUT2D eigenvalue weighted by Gasteiger charge is 2.50. The van der Waals surface area contributed by atoms with Crippen molar-refractivity contribution < 1.29 is 0 Å². The first-order valence-corrected chi connectivity index (χ1v) is 7.61. The number of thiazole rings is 1. The molecule has 0 radical (unpaired) electrons. The third-order valence-electron chi connectivity index (χ3n) is 4.95. The fraction of sp³-hybridized carbons (Fsp3) is 0.786. The molecule has 1 fully saturated rings. The first-order valence-electron chi connectivity index (χ1n) is 6.73. The zero-order valence-corrected chi connectivity index (χ0v) is 12.8. The summed E-state index contributed by atoms with van der Waals surface area (Å²) in [7, 11) is 2.22. The molecule has 2 rings (SSSR count). The Balaban J connectivity index is 2.21. The lowest BCUT2D eigenvalue weighted by Crippen LogP contribution is -2.57. The quantitative estimate of drug-likeness (QED) is 0.912. The third kappa shape index (κ3) is 2.10. The number of nitrogens with two attached hydrogens (primary N) is 1. The van der Waals surface area contributed by atoms with Crippen molar-refractivity contribution in [1.82, 2.24) is 9.88 Å². The second-order valence-corrected chi connectivity index (χ2v) is 7.13. The summed E-state index contributed by atoms with van der Waals surface area (Å²) >= 11 is 1.75. The van der Waals surface area contributed by atoms with Crippen molar-refractivity contribution in [2.24, 2.45) is 11.1 Å². The molecule has 0 spiro atoms. The number of rotatable bonds is 4. The maximum absolute atomic E-state index is 6.16. The van der Waals surface area contributed by atoms with Gasteiger partial charge in [0, 0.05) is 23.5 Å². The lowest BCUT2D eigenvalue weighted by atomic mass is 9.74. The van der Waals surface area contributed by atoms with Crippen molar-refractivity contribution in [3.05, 3.63) is 16.1 Å². The van der Waals surface area contributed by atoms with Crippen LogP contribution in [0.2, 0.25) is 0 Å². The van der Waals surface area contributed by atoms with E-state index in [1.54, 1.807) is 11.3 Å². The molecule has 1 unspecified atom stereocenters. The SMILES string of the molecule is Cc1ncsc1CN(C)C1(CN)CCCC1(C)C. The Labute approximate surface area is 114 Å². The van der Waals surface area contributed by atoms with Gasteiger partial charge in [-0.2, -0.15) is 0 Å². The van der Waals surface area contributed by atoms with Crippen molar-refractivity contribution in [3.8, 4) is 0 Å². The molecule has 3 nitrogen and oxygen atoms in total. The van der Waals surface area contributed by atoms with Gasteiger partial charge in [-0.15, -0.1) is 11.3 Å². The molecule has 4 heteroatoms. The number of aryl methyl sites for hydroxylation is 1. The minimum absolute atomic E-state index is 0.142. The van der Waals surface area contributed by atoms with E-state index in [2.05, 4.69) is 37.7 Å². The largest absolute Gasteiger partial charge is 0.329 e. The van der Waals surface area contributed by atoms with Gasteiger partial charge in [-0.3, -0.25) is 4.90 Å². The lowest BCUT2D eigenvalue weighted by molar-refractivity contribution is 0.0282. The number of likely N-dealkylation sites (N-methyl/N-ethyl adjacent to an activating group) is 1. The van der Waals surface area contributed by atoms with Crippen molar-refractivity contribution in [2.75, 3.05) is 13.6 Å². The monoisotopic (exact) mass is 267 g/mol. The summed E-state index contributed by atoms with van der Waals surface area (Å²) in [5.74, 6) is 0. The van der Waals surface area contributed by atoms with Gasteiger partial charge in [0.05, 0.1) is 11.2 Å². The second kappa shape index (κ2) is 4.91. The van der Waals surface area contributed by atoms with Crippen LogP contribution < -0.4 is 5.73 Å². The van der Waals surface area contributed by atoms with Gasteiger partial charge in [-0.05, 0) is 32.2 Å². The smallest absolute Gasteiger partial charge is 0.0798 e. The summed E-state index contributed by atoms with van der Waals surface area (Å²) in [6.07, 6.45) is 3.78. The van der Waals surface area contributed by atoms with E-state index < -0.39 is 0 Å². The zero-order valence-electron chi connectivity index (χ0n) is 12.0. The van der Waals surface area contributed by atoms with Gasteiger partial charge in [0.15, 0.2) is 0 Å². The standard InChI is InChI=1S/C14H25N3S/c1-11-12(18-10-16-11)8-17(4)14(9-15)7-5-6-13(14,2)3/h10H,5-9,15H2,1-4H3. The van der Waals surface area contributed by atoms with Crippen LogP contribution in [0.5, 0.6) is 0 Å². The van der Waals surface area contributed by atoms with Crippen LogP contribution in [-0.2, 0) is 6.54 Å². The lowest BCUT2D eigenvalue weighted by Gasteiger charge is -2.47. The molecular formula is C14H25N3S. The third-order valence-corrected chi connectivity index (χ3v) is 5.87. The van der Waals surface area contributed by atoms with Crippen LogP contribution in [0.3, 0.4) is 0 Å². The average molecular weight is 267 g/mol. The maximum Gasteiger partial charge on any atom is 0.0798 e. The Kier molecular flexibility index (Phi) is 3.81. The molecule has 1 aromatic heterocycles. The molecule has 1 heterocycles. The molecule has 1 aliphatic rings. The molecule has 1 aliphatic carbocycles. The van der Waals surface area contributed by atoms with Gasteiger partial charge in [0.2, 0.25) is 0 Å². The molecule has 1 aromatic rings. The van der Waals surface area contributed by atoms with Crippen LogP contribution in [0.1, 0.15) is 43.7 Å². The Hall–Kier alpha value is -0.450. The number of hydrogen-bond acceptors (Lipinski definition) is 4. The average Bonchev–Trinajstić information content (AvgIpc) is 2.83. The van der Waals surface area contributed by atoms with E-state index in [1.165, 1.54) is 24.1 Å². The molecular weight excluding hydrogens is 242 g/mol. The summed E-state index contributed by atoms with van der Waals surface area (Å²) < 4.78 is 0. The fourth-order valence-electron chi connectivity index (χ4n) is 3.48. The molecule has 0 aromatic carbocycles. The number of hydrogen-bond donors (Lipinski definition) is 1. The van der Waals surface area contributed by atoms with E-state index in [0.29, 0.717) is 5.41 Å². The summed E-state index contributed by atoms with van der Waals surface area (Å²) in [5.41, 5.74) is 9.70. The zero-order chi connectivity index (χ0) is 13.4. The van der Waals surface area contributed by atoms with Gasteiger partial charge in [0.1, 0.15) is 0 Å². The first kappa shape index (κ1) is 14.0. The molecule has 0 aliphatic heterocycles. The number of nitrogens with zero attached hydrogens (tertiary/aromatic N) is 2. The molecule has 0 bridgehead atoms. The molecule has 102 valence electrons. The molecule has 2 N–H and O–H groups in total. The molecule has 0 saturated heterocycles. The summed E-state index contributed by atoms with van der Waals surface area (Å²) in [5, 5.41) is 0. The second-order valence-electron chi connectivity index (χ2n) is 6.19. The van der Waals surface area contributed by atoms with E-state index in [1.807, 2.05) is 5.51 Å². The summed E-state index contributed by atoms with van der Waals surface area (Å²) in [6, 6.07) is 0. The highest BCUT2D eigenvalue weighted by atomic mass is 32.1. The Morgan fingerprint density at radius 3 is 2.61 bits per heavy atom. The van der Waals surface area contributed by atoms with Crippen LogP contribution in [-0.4, -0.2) is 29.0 Å². The topological polar surface area (TPSA) is 42.2 Å². The van der Waals surface area contributed by atoms with Gasteiger partial charge >= 0.3 is 0 Å². The predicted molar refractivity (Wildman–Crippen MR) is 77.7 cm³/mol. The van der Waals surface area contributed by atoms with E-state index in [0.717, 1.165) is 18.8 Å². The molecule has 18 heavy (non-hydrogen) atoms. The molecule has 1 saturated carbocycles. The van der Waals surface area contributed by atoms with Crippen molar-refractivity contribution in [2.45, 2.75) is 52.1 Å². The van der Waals surface area contributed by atoms with Crippen molar-refractivity contribution >= 4 is 11.3 Å². The summed E-state index contributed by atoms with van der Waals surface area (Å²) in [4.78, 5) is 8.18. The van der Waals surface area contributed by atoms with Crippen LogP contribution in [0.25, 0.3) is 0 Å². The summed E-state index contributed by atoms with van der Waals surface area (Å²) in [6.45, 7) is 8.53. The van der Waals surface area contributed by atoms with Crippen LogP contribution in [0.4, 0.5) is 0 Å². The molecule has 1 atom stereocenters. The van der Waals surface area contributed by atoms with Crippen LogP contribution in [0, 0.1) is 12.3 Å². The minimum Gasteiger partial charge on any atom is -0.329 e. The van der Waals surface area contributed by atoms with Crippen LogP contribution in [0.15, 0.2) is 5.51 Å². The highest BCUT2D eigenvalue weighted by molar-refractivity contribution is 7.09. The molecule has 0 amide bonds. The van der Waals surface area contributed by atoms with Gasteiger partial charge in [-0.1, -0.05) is 20.3 Å². The van der Waals surface area contributed by atoms with Gasteiger partial charge in [0.25, 0.3) is 0 Å². The first-order chi connectivity index (χ1) is 8.43.